The topological polar surface area (TPSA) is 76.1 Å². The predicted octanol–water partition coefficient (Wildman–Crippen LogP) is 3.67. The molecule has 0 atom stereocenters. The van der Waals surface area contributed by atoms with Crippen molar-refractivity contribution < 1.29 is 13.2 Å². The summed E-state index contributed by atoms with van der Waals surface area (Å²) in [5.41, 5.74) is 1.21. The molecule has 0 aliphatic carbocycles. The Morgan fingerprint density at radius 3 is 2.71 bits per heavy atom. The Bertz CT molecular complexity index is 1030. The minimum atomic E-state index is -3.27. The Hall–Kier alpha value is -1.90. The van der Waals surface area contributed by atoms with Crippen molar-refractivity contribution in [2.75, 3.05) is 17.8 Å². The first kappa shape index (κ1) is 16.9. The summed E-state index contributed by atoms with van der Waals surface area (Å²) in [6.45, 7) is 0. The quantitative estimate of drug-likeness (QED) is 0.701. The summed E-state index contributed by atoms with van der Waals surface area (Å²) in [6.07, 6.45) is 3.11. The Labute approximate surface area is 148 Å². The van der Waals surface area contributed by atoms with Gasteiger partial charge in [0.15, 0.2) is 15.0 Å². The van der Waals surface area contributed by atoms with Crippen LogP contribution in [0.4, 0.5) is 5.13 Å². The Balaban J connectivity index is 1.88. The van der Waals surface area contributed by atoms with E-state index in [4.69, 9.17) is 0 Å². The van der Waals surface area contributed by atoms with Crippen molar-refractivity contribution in [1.29, 1.82) is 0 Å². The third kappa shape index (κ3) is 3.61. The predicted molar refractivity (Wildman–Crippen MR) is 98.9 cm³/mol. The number of carbonyl (C=O) groups excluding carboxylic acids is 1. The molecule has 0 aliphatic heterocycles. The van der Waals surface area contributed by atoms with Crippen LogP contribution in [0.5, 0.6) is 0 Å². The lowest BCUT2D eigenvalue weighted by atomic mass is 10.2. The molecular formula is C16H14N2O3S3. The van der Waals surface area contributed by atoms with Crippen LogP contribution in [-0.4, -0.2) is 31.8 Å². The largest absolute Gasteiger partial charge is 0.298 e. The van der Waals surface area contributed by atoms with E-state index in [2.05, 4.69) is 10.3 Å². The first-order valence-corrected chi connectivity index (χ1v) is 10.9. The molecule has 0 aliphatic rings. The zero-order valence-corrected chi connectivity index (χ0v) is 15.4. The average Bonchev–Trinajstić information content (AvgIpc) is 2.95. The first-order chi connectivity index (χ1) is 11.4. The highest BCUT2D eigenvalue weighted by molar-refractivity contribution is 7.98. The molecule has 124 valence electrons. The molecule has 0 spiro atoms. The fourth-order valence-corrected chi connectivity index (χ4v) is 4.20. The van der Waals surface area contributed by atoms with E-state index in [-0.39, 0.29) is 10.8 Å². The van der Waals surface area contributed by atoms with Crippen LogP contribution in [0.2, 0.25) is 0 Å². The fraction of sp³-hybridized carbons (Fsp3) is 0.125. The van der Waals surface area contributed by atoms with Gasteiger partial charge in [0.2, 0.25) is 0 Å². The standard InChI is InChI=1S/C16H14N2O3S3/c1-22-11-5-3-4-10(8-11)15(19)18-16-17-13-7-6-12(24(2,20)21)9-14(13)23-16/h3-9H,1-2H3,(H,17,18,19). The minimum Gasteiger partial charge on any atom is -0.298 e. The second-order valence-corrected chi connectivity index (χ2v) is 9.03. The summed E-state index contributed by atoms with van der Waals surface area (Å²) < 4.78 is 24.0. The summed E-state index contributed by atoms with van der Waals surface area (Å²) in [6, 6.07) is 12.1. The second kappa shape index (κ2) is 6.54. The lowest BCUT2D eigenvalue weighted by Gasteiger charge is -2.03. The molecule has 1 heterocycles. The van der Waals surface area contributed by atoms with Gasteiger partial charge in [0, 0.05) is 16.7 Å². The van der Waals surface area contributed by atoms with Crippen molar-refractivity contribution in [3.63, 3.8) is 0 Å². The van der Waals surface area contributed by atoms with Crippen LogP contribution in [0.15, 0.2) is 52.3 Å². The number of fused-ring (bicyclic) bond motifs is 1. The smallest absolute Gasteiger partial charge is 0.257 e. The molecule has 24 heavy (non-hydrogen) atoms. The highest BCUT2D eigenvalue weighted by Gasteiger charge is 2.13. The molecular weight excluding hydrogens is 364 g/mol. The maximum atomic E-state index is 12.3. The number of hydrogen-bond acceptors (Lipinski definition) is 6. The number of benzene rings is 2. The number of amides is 1. The molecule has 0 saturated carbocycles. The highest BCUT2D eigenvalue weighted by atomic mass is 32.2. The number of nitrogens with zero attached hydrogens (tertiary/aromatic N) is 1. The average molecular weight is 379 g/mol. The van der Waals surface area contributed by atoms with Gasteiger partial charge in [-0.3, -0.25) is 10.1 Å². The molecule has 3 aromatic rings. The van der Waals surface area contributed by atoms with Crippen molar-refractivity contribution in [3.8, 4) is 0 Å². The summed E-state index contributed by atoms with van der Waals surface area (Å²) in [5, 5.41) is 3.21. The lowest BCUT2D eigenvalue weighted by Crippen LogP contribution is -2.11. The second-order valence-electron chi connectivity index (χ2n) is 5.11. The van der Waals surface area contributed by atoms with Crippen molar-refractivity contribution in [2.45, 2.75) is 9.79 Å². The minimum absolute atomic E-state index is 0.240. The maximum absolute atomic E-state index is 12.3. The third-order valence-electron chi connectivity index (χ3n) is 3.34. The van der Waals surface area contributed by atoms with Gasteiger partial charge in [-0.15, -0.1) is 11.8 Å². The number of thiazole rings is 1. The van der Waals surface area contributed by atoms with Crippen molar-refractivity contribution >= 4 is 54.2 Å². The maximum Gasteiger partial charge on any atom is 0.257 e. The number of nitrogens with one attached hydrogen (secondary N) is 1. The van der Waals surface area contributed by atoms with E-state index < -0.39 is 9.84 Å². The molecule has 0 radical (unpaired) electrons. The Morgan fingerprint density at radius 1 is 1.21 bits per heavy atom. The van der Waals surface area contributed by atoms with Gasteiger partial charge in [-0.2, -0.15) is 0 Å². The third-order valence-corrected chi connectivity index (χ3v) is 6.11. The van der Waals surface area contributed by atoms with Gasteiger partial charge in [0.25, 0.3) is 5.91 Å². The Morgan fingerprint density at radius 2 is 2.00 bits per heavy atom. The molecule has 2 aromatic carbocycles. The van der Waals surface area contributed by atoms with Gasteiger partial charge < -0.3 is 0 Å². The van der Waals surface area contributed by atoms with Crippen LogP contribution >= 0.6 is 23.1 Å². The Kier molecular flexibility index (Phi) is 4.62. The van der Waals surface area contributed by atoms with Gasteiger partial charge in [-0.25, -0.2) is 13.4 Å². The van der Waals surface area contributed by atoms with Crippen LogP contribution in [-0.2, 0) is 9.84 Å². The zero-order chi connectivity index (χ0) is 17.3. The van der Waals surface area contributed by atoms with Crippen LogP contribution in [0.25, 0.3) is 10.2 Å². The molecule has 1 aromatic heterocycles. The number of rotatable bonds is 4. The number of anilines is 1. The molecule has 3 rings (SSSR count). The van der Waals surface area contributed by atoms with E-state index in [0.717, 1.165) is 11.2 Å². The fourth-order valence-electron chi connectivity index (χ4n) is 2.12. The molecule has 8 heteroatoms. The van der Waals surface area contributed by atoms with Crippen molar-refractivity contribution in [2.24, 2.45) is 0 Å². The van der Waals surface area contributed by atoms with Crippen LogP contribution < -0.4 is 5.32 Å². The van der Waals surface area contributed by atoms with E-state index in [0.29, 0.717) is 20.9 Å². The molecule has 1 N–H and O–H groups in total. The molecule has 0 bridgehead atoms. The number of sulfone groups is 1. The molecule has 1 amide bonds. The van der Waals surface area contributed by atoms with Crippen LogP contribution in [0.3, 0.4) is 0 Å². The molecule has 0 unspecified atom stereocenters. The summed E-state index contributed by atoms with van der Waals surface area (Å²) >= 11 is 2.81. The molecule has 0 fully saturated rings. The van der Waals surface area contributed by atoms with Gasteiger partial charge in [-0.1, -0.05) is 17.4 Å². The number of hydrogen-bond donors (Lipinski definition) is 1. The van der Waals surface area contributed by atoms with Gasteiger partial charge in [0.1, 0.15) is 0 Å². The van der Waals surface area contributed by atoms with Crippen molar-refractivity contribution in [3.05, 3.63) is 48.0 Å². The summed E-state index contributed by atoms with van der Waals surface area (Å²) in [5.74, 6) is -0.242. The summed E-state index contributed by atoms with van der Waals surface area (Å²) in [7, 11) is -3.27. The van der Waals surface area contributed by atoms with E-state index >= 15 is 0 Å². The normalized spacial score (nSPS) is 11.6. The highest BCUT2D eigenvalue weighted by Crippen LogP contribution is 2.28. The van der Waals surface area contributed by atoms with Crippen LogP contribution in [0.1, 0.15) is 10.4 Å². The lowest BCUT2D eigenvalue weighted by molar-refractivity contribution is 0.102. The molecule has 0 saturated heterocycles. The van der Waals surface area contributed by atoms with Crippen molar-refractivity contribution in [1.82, 2.24) is 4.98 Å². The van der Waals surface area contributed by atoms with E-state index in [9.17, 15) is 13.2 Å². The first-order valence-electron chi connectivity index (χ1n) is 6.93. The number of carbonyl (C=O) groups is 1. The van der Waals surface area contributed by atoms with E-state index in [1.54, 1.807) is 30.0 Å². The monoisotopic (exact) mass is 378 g/mol. The van der Waals surface area contributed by atoms with E-state index in [1.165, 1.54) is 17.4 Å². The van der Waals surface area contributed by atoms with Gasteiger partial charge >= 0.3 is 0 Å². The summed E-state index contributed by atoms with van der Waals surface area (Å²) in [4.78, 5) is 17.9. The van der Waals surface area contributed by atoms with E-state index in [1.807, 2.05) is 24.5 Å². The number of thioether (sulfide) groups is 1. The number of aromatic nitrogens is 1. The SMILES string of the molecule is CSc1cccc(C(=O)Nc2nc3ccc(S(C)(=O)=O)cc3s2)c1. The van der Waals surface area contributed by atoms with Crippen LogP contribution in [0, 0.1) is 0 Å². The molecule has 5 nitrogen and oxygen atoms in total. The van der Waals surface area contributed by atoms with Gasteiger partial charge in [-0.05, 0) is 42.7 Å². The zero-order valence-electron chi connectivity index (χ0n) is 12.9. The van der Waals surface area contributed by atoms with Gasteiger partial charge in [0.05, 0.1) is 15.1 Å².